The number of anilines is 1. The summed E-state index contributed by atoms with van der Waals surface area (Å²) in [6, 6.07) is 3.74. The lowest BCUT2D eigenvalue weighted by molar-refractivity contribution is -0.174. The minimum Gasteiger partial charge on any atom is -0.463 e. The van der Waals surface area contributed by atoms with Gasteiger partial charge in [-0.15, -0.1) is 0 Å². The number of nitrogens with two attached hydrogens (primary N) is 1. The van der Waals surface area contributed by atoms with Gasteiger partial charge in [0.25, 0.3) is 0 Å². The number of hydrogen-bond acceptors (Lipinski definition) is 11. The van der Waals surface area contributed by atoms with Crippen LogP contribution in [-0.2, 0) is 38.9 Å². The molecule has 0 bridgehead atoms. The van der Waals surface area contributed by atoms with Gasteiger partial charge in [-0.2, -0.15) is 10.4 Å². The molecule has 200 valence electrons. The Balaban J connectivity index is 2.20. The molecule has 0 aromatic carbocycles. The predicted molar refractivity (Wildman–Crippen MR) is 138 cm³/mol. The van der Waals surface area contributed by atoms with Crippen molar-refractivity contribution in [2.24, 2.45) is 17.8 Å². The normalized spacial score (nSPS) is 23.4. The standard InChI is InChI=1S/C24H30IN5O7/c1-11(2)21(31)34-8-15-18(35-22(32)12(3)4)19(36-23(33)13(5)6)24(9-26,37-15)16-7-14(25)17-20(27)28-10-29-30(16)17/h7,10-13,15,18-19H,8H2,1-6H3,(H2,27,28,29)/t15-,18-,19-,24-/m1/s1. The van der Waals surface area contributed by atoms with Crippen LogP contribution < -0.4 is 5.73 Å². The number of nitrogen functional groups attached to an aromatic ring is 1. The number of fused-ring (bicyclic) bond motifs is 1. The number of nitriles is 1. The molecule has 1 aliphatic heterocycles. The van der Waals surface area contributed by atoms with Crippen LogP contribution >= 0.6 is 22.6 Å². The second-order valence-corrected chi connectivity index (χ2v) is 10.8. The minimum atomic E-state index is -1.99. The number of halogens is 1. The van der Waals surface area contributed by atoms with Crippen molar-refractivity contribution in [3.8, 4) is 6.07 Å². The number of hydrogen-bond donors (Lipinski definition) is 1. The van der Waals surface area contributed by atoms with E-state index in [0.29, 0.717) is 9.09 Å². The molecule has 0 unspecified atom stereocenters. The van der Waals surface area contributed by atoms with Gasteiger partial charge in [0.2, 0.25) is 5.60 Å². The molecule has 4 atom stereocenters. The highest BCUT2D eigenvalue weighted by molar-refractivity contribution is 14.1. The topological polar surface area (TPSA) is 168 Å². The van der Waals surface area contributed by atoms with Crippen molar-refractivity contribution >= 4 is 51.8 Å². The fraction of sp³-hybridized carbons (Fsp3) is 0.583. The molecule has 12 nitrogen and oxygen atoms in total. The molecule has 3 heterocycles. The first-order chi connectivity index (χ1) is 17.3. The summed E-state index contributed by atoms with van der Waals surface area (Å²) in [5.74, 6) is -3.09. The summed E-state index contributed by atoms with van der Waals surface area (Å²) >= 11 is 2.02. The first-order valence-corrected chi connectivity index (χ1v) is 12.9. The minimum absolute atomic E-state index is 0.165. The maximum atomic E-state index is 12.8. The Bertz CT molecular complexity index is 1240. The molecule has 0 radical (unpaired) electrons. The van der Waals surface area contributed by atoms with Gasteiger partial charge < -0.3 is 24.7 Å². The van der Waals surface area contributed by atoms with Crippen molar-refractivity contribution in [1.29, 1.82) is 5.26 Å². The van der Waals surface area contributed by atoms with E-state index < -0.39 is 59.6 Å². The lowest BCUT2D eigenvalue weighted by Crippen LogP contribution is -2.47. The largest absolute Gasteiger partial charge is 0.463 e. The van der Waals surface area contributed by atoms with Crippen LogP contribution in [0.4, 0.5) is 5.82 Å². The fourth-order valence-electron chi connectivity index (χ4n) is 3.72. The van der Waals surface area contributed by atoms with Crippen LogP contribution in [0.3, 0.4) is 0 Å². The van der Waals surface area contributed by atoms with E-state index in [4.69, 9.17) is 24.7 Å². The summed E-state index contributed by atoms with van der Waals surface area (Å²) < 4.78 is 25.2. The van der Waals surface area contributed by atoms with E-state index in [2.05, 4.69) is 16.2 Å². The van der Waals surface area contributed by atoms with Crippen LogP contribution in [0.2, 0.25) is 0 Å². The van der Waals surface area contributed by atoms with Crippen LogP contribution in [0.5, 0.6) is 0 Å². The molecule has 0 aliphatic carbocycles. The SMILES string of the molecule is CC(C)C(=O)OC[C@H]1O[C@](C#N)(c2cc(I)c3c(N)ncnn23)[C@H](OC(=O)C(C)C)[C@@H]1OC(=O)C(C)C. The van der Waals surface area contributed by atoms with Crippen molar-refractivity contribution < 1.29 is 33.3 Å². The molecule has 13 heteroatoms. The number of carbonyl (C=O) groups excluding carboxylic acids is 3. The summed E-state index contributed by atoms with van der Waals surface area (Å²) in [6.45, 7) is 9.53. The third kappa shape index (κ3) is 5.49. The Labute approximate surface area is 227 Å². The van der Waals surface area contributed by atoms with E-state index in [1.54, 1.807) is 47.6 Å². The molecule has 2 aromatic rings. The third-order valence-electron chi connectivity index (χ3n) is 5.79. The van der Waals surface area contributed by atoms with Crippen LogP contribution in [-0.4, -0.2) is 57.4 Å². The molecule has 0 spiro atoms. The molecule has 1 fully saturated rings. The van der Waals surface area contributed by atoms with Crippen LogP contribution in [0.1, 0.15) is 47.2 Å². The van der Waals surface area contributed by atoms with Crippen LogP contribution in [0.25, 0.3) is 5.52 Å². The monoisotopic (exact) mass is 627 g/mol. The second kappa shape index (κ2) is 11.2. The molecule has 2 aromatic heterocycles. The Morgan fingerprint density at radius 2 is 1.73 bits per heavy atom. The first-order valence-electron chi connectivity index (χ1n) is 11.8. The number of esters is 3. The van der Waals surface area contributed by atoms with E-state index in [1.807, 2.05) is 22.6 Å². The molecule has 1 saturated heterocycles. The van der Waals surface area contributed by atoms with Gasteiger partial charge in [-0.1, -0.05) is 41.5 Å². The Kier molecular flexibility index (Phi) is 8.63. The smallest absolute Gasteiger partial charge is 0.308 e. The molecule has 37 heavy (non-hydrogen) atoms. The number of ether oxygens (including phenoxy) is 4. The van der Waals surface area contributed by atoms with Gasteiger partial charge >= 0.3 is 17.9 Å². The van der Waals surface area contributed by atoms with E-state index in [-0.39, 0.29) is 18.1 Å². The highest BCUT2D eigenvalue weighted by Crippen LogP contribution is 2.45. The summed E-state index contributed by atoms with van der Waals surface area (Å²) in [4.78, 5) is 41.8. The van der Waals surface area contributed by atoms with Crippen molar-refractivity contribution in [2.75, 3.05) is 12.3 Å². The third-order valence-corrected chi connectivity index (χ3v) is 6.61. The fourth-order valence-corrected chi connectivity index (χ4v) is 4.52. The lowest BCUT2D eigenvalue weighted by Gasteiger charge is -2.29. The Morgan fingerprint density at radius 1 is 1.14 bits per heavy atom. The summed E-state index contributed by atoms with van der Waals surface area (Å²) in [5.41, 5.74) is 4.68. The van der Waals surface area contributed by atoms with Crippen molar-refractivity contribution in [2.45, 2.75) is 65.5 Å². The van der Waals surface area contributed by atoms with Gasteiger partial charge in [0.05, 0.1) is 23.4 Å². The van der Waals surface area contributed by atoms with E-state index in [9.17, 15) is 19.6 Å². The Morgan fingerprint density at radius 3 is 2.30 bits per heavy atom. The zero-order valence-corrected chi connectivity index (χ0v) is 23.6. The van der Waals surface area contributed by atoms with Gasteiger partial charge in [0.1, 0.15) is 30.6 Å². The molecule has 0 saturated carbocycles. The van der Waals surface area contributed by atoms with Gasteiger partial charge in [-0.25, -0.2) is 9.50 Å². The van der Waals surface area contributed by atoms with Crippen molar-refractivity contribution in [3.63, 3.8) is 0 Å². The molecule has 1 aliphatic rings. The van der Waals surface area contributed by atoms with Gasteiger partial charge in [-0.05, 0) is 28.7 Å². The van der Waals surface area contributed by atoms with E-state index in [0.717, 1.165) is 0 Å². The van der Waals surface area contributed by atoms with Crippen molar-refractivity contribution in [1.82, 2.24) is 14.6 Å². The van der Waals surface area contributed by atoms with Crippen LogP contribution in [0.15, 0.2) is 12.4 Å². The zero-order valence-electron chi connectivity index (χ0n) is 21.4. The maximum absolute atomic E-state index is 12.8. The molecule has 0 amide bonds. The average molecular weight is 627 g/mol. The quantitative estimate of drug-likeness (QED) is 0.259. The van der Waals surface area contributed by atoms with Crippen LogP contribution in [0, 0.1) is 32.7 Å². The van der Waals surface area contributed by atoms with Gasteiger partial charge in [0, 0.05) is 3.57 Å². The van der Waals surface area contributed by atoms with Gasteiger partial charge in [-0.3, -0.25) is 14.4 Å². The highest BCUT2D eigenvalue weighted by atomic mass is 127. The number of aromatic nitrogens is 3. The number of carbonyl (C=O) groups is 3. The summed E-state index contributed by atoms with van der Waals surface area (Å²) in [6.07, 6.45) is -2.59. The van der Waals surface area contributed by atoms with Crippen molar-refractivity contribution in [3.05, 3.63) is 21.7 Å². The van der Waals surface area contributed by atoms with E-state index in [1.165, 1.54) is 10.8 Å². The zero-order chi connectivity index (χ0) is 27.7. The number of nitrogens with zero attached hydrogens (tertiary/aromatic N) is 4. The summed E-state index contributed by atoms with van der Waals surface area (Å²) in [5, 5.41) is 14.8. The van der Waals surface area contributed by atoms with E-state index >= 15 is 0 Å². The second-order valence-electron chi connectivity index (χ2n) is 9.64. The maximum Gasteiger partial charge on any atom is 0.308 e. The summed E-state index contributed by atoms with van der Waals surface area (Å²) in [7, 11) is 0. The number of rotatable bonds is 8. The Hall–Kier alpha value is -2.99. The molecule has 2 N–H and O–H groups in total. The predicted octanol–water partition coefficient (Wildman–Crippen LogP) is 2.37. The first kappa shape index (κ1) is 28.6. The molecular formula is C24H30IN5O7. The molecule has 3 rings (SSSR count). The lowest BCUT2D eigenvalue weighted by atomic mass is 9.91. The highest BCUT2D eigenvalue weighted by Gasteiger charge is 2.63. The van der Waals surface area contributed by atoms with Gasteiger partial charge in [0.15, 0.2) is 18.0 Å². The average Bonchev–Trinajstić information content (AvgIpc) is 3.33. The molecular weight excluding hydrogens is 597 g/mol.